The molecule has 0 bridgehead atoms. The van der Waals surface area contributed by atoms with Crippen molar-refractivity contribution in [3.63, 3.8) is 0 Å². The zero-order valence-electron chi connectivity index (χ0n) is 17.4. The Morgan fingerprint density at radius 2 is 1.56 bits per heavy atom. The van der Waals surface area contributed by atoms with Gasteiger partial charge in [0.15, 0.2) is 0 Å². The van der Waals surface area contributed by atoms with Crippen LogP contribution in [0.1, 0.15) is 26.3 Å². The molecule has 1 aliphatic rings. The summed E-state index contributed by atoms with van der Waals surface area (Å²) in [4.78, 5) is 25.5. The van der Waals surface area contributed by atoms with Gasteiger partial charge in [-0.3, -0.25) is 14.3 Å². The quantitative estimate of drug-likeness (QED) is 0.399. The lowest BCUT2D eigenvalue weighted by atomic mass is 10.1. The number of nitrogens with zero attached hydrogens (tertiary/aromatic N) is 1. The fourth-order valence-corrected chi connectivity index (χ4v) is 5.12. The molecule has 1 aliphatic carbocycles. The van der Waals surface area contributed by atoms with Gasteiger partial charge in [-0.05, 0) is 41.8 Å². The monoisotopic (exact) mass is 489 g/mol. The number of anilines is 1. The van der Waals surface area contributed by atoms with Gasteiger partial charge < -0.3 is 0 Å². The van der Waals surface area contributed by atoms with Crippen LogP contribution in [-0.4, -0.2) is 25.8 Å². The third kappa shape index (κ3) is 3.93. The van der Waals surface area contributed by atoms with E-state index in [1.165, 1.54) is 30.3 Å². The number of benzene rings is 4. The molecule has 168 valence electrons. The van der Waals surface area contributed by atoms with Crippen molar-refractivity contribution in [3.05, 3.63) is 107 Å². The first-order valence-corrected chi connectivity index (χ1v) is 12.0. The topological polar surface area (TPSA) is 105 Å². The average Bonchev–Trinajstić information content (AvgIpc) is 3.10. The molecule has 0 fully saturated rings. The van der Waals surface area contributed by atoms with Crippen LogP contribution in [0.2, 0.25) is 5.02 Å². The first-order valence-electron chi connectivity index (χ1n) is 10.2. The Balaban J connectivity index is 1.40. The highest BCUT2D eigenvalue weighted by Crippen LogP contribution is 2.30. The van der Waals surface area contributed by atoms with Gasteiger partial charge in [-0.2, -0.15) is 5.10 Å². The van der Waals surface area contributed by atoms with Crippen LogP contribution in [0.3, 0.4) is 0 Å². The van der Waals surface area contributed by atoms with E-state index in [2.05, 4.69) is 15.2 Å². The number of carbonyl (C=O) groups is 2. The van der Waals surface area contributed by atoms with Crippen molar-refractivity contribution in [2.75, 3.05) is 4.72 Å². The van der Waals surface area contributed by atoms with Crippen molar-refractivity contribution in [1.82, 2.24) is 5.43 Å². The van der Waals surface area contributed by atoms with Gasteiger partial charge in [0.1, 0.15) is 5.71 Å². The summed E-state index contributed by atoms with van der Waals surface area (Å²) in [5.41, 5.74) is 4.04. The molecule has 0 saturated heterocycles. The van der Waals surface area contributed by atoms with Gasteiger partial charge >= 0.3 is 0 Å². The highest BCUT2D eigenvalue weighted by atomic mass is 35.5. The first-order chi connectivity index (χ1) is 16.3. The lowest BCUT2D eigenvalue weighted by Crippen LogP contribution is -2.22. The summed E-state index contributed by atoms with van der Waals surface area (Å²) in [6, 6.07) is 22.7. The summed E-state index contributed by atoms with van der Waals surface area (Å²) in [6.07, 6.45) is 0. The van der Waals surface area contributed by atoms with E-state index in [9.17, 15) is 18.0 Å². The lowest BCUT2D eigenvalue weighted by Gasteiger charge is -2.09. The SMILES string of the molecule is O=C(N/N=C1\C(=O)c2cccc3cccc1c23)c1cccc(S(=O)(=O)Nc2cccc(Cl)c2)c1. The average molecular weight is 490 g/mol. The summed E-state index contributed by atoms with van der Waals surface area (Å²) in [5, 5.41) is 6.16. The molecular formula is C25H16ClN3O4S. The molecule has 7 nitrogen and oxygen atoms in total. The fraction of sp³-hybridized carbons (Fsp3) is 0. The molecule has 1 amide bonds. The minimum Gasteiger partial charge on any atom is -0.287 e. The van der Waals surface area contributed by atoms with Gasteiger partial charge in [-0.1, -0.05) is 60.1 Å². The second kappa shape index (κ2) is 8.40. The Labute approximate surface area is 200 Å². The normalized spacial score (nSPS) is 13.9. The Hall–Kier alpha value is -4.01. The second-order valence-electron chi connectivity index (χ2n) is 7.58. The number of rotatable bonds is 5. The number of Topliss-reactive ketones (excluding diaryl/α,β-unsaturated/α-hetero) is 1. The van der Waals surface area contributed by atoms with Gasteiger partial charge in [-0.25, -0.2) is 13.8 Å². The molecule has 2 N–H and O–H groups in total. The zero-order chi connectivity index (χ0) is 23.9. The van der Waals surface area contributed by atoms with E-state index in [1.807, 2.05) is 18.2 Å². The zero-order valence-corrected chi connectivity index (χ0v) is 19.0. The van der Waals surface area contributed by atoms with Crippen molar-refractivity contribution >= 4 is 55.5 Å². The fourth-order valence-electron chi connectivity index (χ4n) is 3.83. The lowest BCUT2D eigenvalue weighted by molar-refractivity contribution is 0.0954. The van der Waals surface area contributed by atoms with E-state index in [4.69, 9.17) is 11.6 Å². The van der Waals surface area contributed by atoms with E-state index in [0.717, 1.165) is 10.8 Å². The van der Waals surface area contributed by atoms with Gasteiger partial charge in [-0.15, -0.1) is 0 Å². The number of hydrogen-bond acceptors (Lipinski definition) is 5. The molecule has 4 aromatic rings. The maximum absolute atomic E-state index is 12.8. The van der Waals surface area contributed by atoms with Gasteiger partial charge in [0, 0.05) is 27.1 Å². The molecule has 0 heterocycles. The number of sulfonamides is 1. The summed E-state index contributed by atoms with van der Waals surface area (Å²) in [5.74, 6) is -0.933. The van der Waals surface area contributed by atoms with Crippen molar-refractivity contribution in [2.24, 2.45) is 5.10 Å². The largest absolute Gasteiger partial charge is 0.287 e. The third-order valence-electron chi connectivity index (χ3n) is 5.37. The molecule has 0 spiro atoms. The minimum atomic E-state index is -3.97. The molecule has 0 unspecified atom stereocenters. The Morgan fingerprint density at radius 3 is 2.32 bits per heavy atom. The molecule has 4 aromatic carbocycles. The maximum Gasteiger partial charge on any atom is 0.271 e. The van der Waals surface area contributed by atoms with E-state index >= 15 is 0 Å². The minimum absolute atomic E-state index is 0.0690. The predicted octanol–water partition coefficient (Wildman–Crippen LogP) is 4.62. The molecular weight excluding hydrogens is 474 g/mol. The van der Waals surface area contributed by atoms with Crippen LogP contribution in [0.4, 0.5) is 5.69 Å². The van der Waals surface area contributed by atoms with Crippen LogP contribution < -0.4 is 10.1 Å². The van der Waals surface area contributed by atoms with E-state index in [0.29, 0.717) is 21.8 Å². The van der Waals surface area contributed by atoms with Crippen LogP contribution in [0, 0.1) is 0 Å². The molecule has 0 radical (unpaired) electrons. The standard InChI is InChI=1S/C25H16ClN3O4S/c26-17-8-4-9-18(14-17)29-34(32,33)19-10-1-7-16(13-19)25(31)28-27-23-20-11-2-5-15-6-3-12-21(22(15)20)24(23)30/h1-14,29H,(H,28,31)/b27-23-. The molecule has 0 aromatic heterocycles. The predicted molar refractivity (Wildman–Crippen MR) is 131 cm³/mol. The highest BCUT2D eigenvalue weighted by molar-refractivity contribution is 7.92. The number of amides is 1. The van der Waals surface area contributed by atoms with Crippen LogP contribution in [0.15, 0.2) is 94.9 Å². The van der Waals surface area contributed by atoms with Crippen LogP contribution in [0.5, 0.6) is 0 Å². The number of hydrogen-bond donors (Lipinski definition) is 2. The van der Waals surface area contributed by atoms with Crippen LogP contribution in [0.25, 0.3) is 10.8 Å². The van der Waals surface area contributed by atoms with E-state index in [1.54, 1.807) is 36.4 Å². The molecule has 5 rings (SSSR count). The highest BCUT2D eigenvalue weighted by Gasteiger charge is 2.29. The molecule has 34 heavy (non-hydrogen) atoms. The smallest absolute Gasteiger partial charge is 0.271 e. The summed E-state index contributed by atoms with van der Waals surface area (Å²) < 4.78 is 28.0. The van der Waals surface area contributed by atoms with Crippen LogP contribution >= 0.6 is 11.6 Å². The molecule has 0 aliphatic heterocycles. The number of hydrazone groups is 1. The molecule has 9 heteroatoms. The Morgan fingerprint density at radius 1 is 0.853 bits per heavy atom. The van der Waals surface area contributed by atoms with Crippen molar-refractivity contribution < 1.29 is 18.0 Å². The van der Waals surface area contributed by atoms with Gasteiger partial charge in [0.25, 0.3) is 15.9 Å². The number of nitrogens with one attached hydrogen (secondary N) is 2. The second-order valence-corrected chi connectivity index (χ2v) is 9.70. The van der Waals surface area contributed by atoms with E-state index in [-0.39, 0.29) is 22.0 Å². The molecule has 0 saturated carbocycles. The van der Waals surface area contributed by atoms with Crippen LogP contribution in [-0.2, 0) is 10.0 Å². The Kier molecular flexibility index (Phi) is 5.39. The Bertz CT molecular complexity index is 1630. The van der Waals surface area contributed by atoms with Gasteiger partial charge in [0.2, 0.25) is 5.78 Å². The van der Waals surface area contributed by atoms with Crippen molar-refractivity contribution in [3.8, 4) is 0 Å². The van der Waals surface area contributed by atoms with Crippen molar-refractivity contribution in [1.29, 1.82) is 0 Å². The number of halogens is 1. The molecule has 0 atom stereocenters. The summed E-state index contributed by atoms with van der Waals surface area (Å²) in [6.45, 7) is 0. The van der Waals surface area contributed by atoms with Gasteiger partial charge in [0.05, 0.1) is 10.6 Å². The number of ketones is 1. The maximum atomic E-state index is 12.8. The van der Waals surface area contributed by atoms with E-state index < -0.39 is 15.9 Å². The summed E-state index contributed by atoms with van der Waals surface area (Å²) in [7, 11) is -3.97. The third-order valence-corrected chi connectivity index (χ3v) is 6.99. The van der Waals surface area contributed by atoms with Crippen molar-refractivity contribution in [2.45, 2.75) is 4.90 Å². The number of carbonyl (C=O) groups excluding carboxylic acids is 2. The summed E-state index contributed by atoms with van der Waals surface area (Å²) >= 11 is 5.92. The first kappa shape index (κ1) is 21.8.